The van der Waals surface area contributed by atoms with Crippen LogP contribution < -0.4 is 5.32 Å². The molecule has 5 heteroatoms. The van der Waals surface area contributed by atoms with Gasteiger partial charge in [-0.25, -0.2) is 0 Å². The summed E-state index contributed by atoms with van der Waals surface area (Å²) >= 11 is 0. The molecule has 0 heterocycles. The molecule has 0 aromatic heterocycles. The van der Waals surface area contributed by atoms with E-state index in [1.54, 1.807) is 0 Å². The van der Waals surface area contributed by atoms with Crippen LogP contribution in [0.3, 0.4) is 0 Å². The molecule has 0 amide bonds. The number of aliphatic imine (C=N–C) groups is 1. The molecule has 0 fully saturated rings. The minimum absolute atomic E-state index is 0. The van der Waals surface area contributed by atoms with Crippen molar-refractivity contribution in [1.29, 1.82) is 0 Å². The number of unbranched alkanes of at least 4 members (excludes halogenated alkanes) is 1. The van der Waals surface area contributed by atoms with Gasteiger partial charge in [-0.15, -0.1) is 30.6 Å². The van der Waals surface area contributed by atoms with Crippen LogP contribution in [0.1, 0.15) is 26.2 Å². The molecular formula is C14H31IN4. The first kappa shape index (κ1) is 21.0. The van der Waals surface area contributed by atoms with Gasteiger partial charge in [0.15, 0.2) is 5.96 Å². The highest BCUT2D eigenvalue weighted by molar-refractivity contribution is 14.0. The first-order chi connectivity index (χ1) is 8.61. The second-order valence-electron chi connectivity index (χ2n) is 4.74. The molecule has 0 aromatic carbocycles. The predicted molar refractivity (Wildman–Crippen MR) is 96.6 cm³/mol. The Balaban J connectivity index is 0. The van der Waals surface area contributed by atoms with Gasteiger partial charge in [-0.2, -0.15) is 0 Å². The first-order valence-corrected chi connectivity index (χ1v) is 6.86. The van der Waals surface area contributed by atoms with Gasteiger partial charge >= 0.3 is 0 Å². The number of nitrogens with one attached hydrogen (secondary N) is 1. The average molecular weight is 382 g/mol. The minimum atomic E-state index is 0. The maximum atomic E-state index is 4.64. The van der Waals surface area contributed by atoms with Crippen molar-refractivity contribution in [1.82, 2.24) is 15.1 Å². The van der Waals surface area contributed by atoms with Gasteiger partial charge in [-0.05, 0) is 46.8 Å². The van der Waals surface area contributed by atoms with Crippen molar-refractivity contribution in [2.75, 3.05) is 47.3 Å². The second-order valence-corrected chi connectivity index (χ2v) is 4.74. The maximum absolute atomic E-state index is 4.64. The Bertz CT molecular complexity index is 242. The first-order valence-electron chi connectivity index (χ1n) is 6.86. The van der Waals surface area contributed by atoms with Crippen molar-refractivity contribution in [3.05, 3.63) is 12.7 Å². The van der Waals surface area contributed by atoms with E-state index in [2.05, 4.69) is 54.8 Å². The van der Waals surface area contributed by atoms with Crippen LogP contribution in [0.2, 0.25) is 0 Å². The van der Waals surface area contributed by atoms with Crippen LogP contribution in [0.15, 0.2) is 17.6 Å². The third-order valence-corrected chi connectivity index (χ3v) is 2.62. The van der Waals surface area contributed by atoms with Crippen molar-refractivity contribution in [2.24, 2.45) is 4.99 Å². The zero-order valence-electron chi connectivity index (χ0n) is 13.0. The van der Waals surface area contributed by atoms with Crippen molar-refractivity contribution in [2.45, 2.75) is 26.2 Å². The van der Waals surface area contributed by atoms with Gasteiger partial charge in [-0.3, -0.25) is 4.99 Å². The summed E-state index contributed by atoms with van der Waals surface area (Å²) in [6, 6.07) is 0. The van der Waals surface area contributed by atoms with Crippen molar-refractivity contribution in [3.8, 4) is 0 Å². The Morgan fingerprint density at radius 1 is 1.21 bits per heavy atom. The number of rotatable bonds is 9. The molecule has 0 spiro atoms. The molecule has 0 saturated heterocycles. The highest BCUT2D eigenvalue weighted by atomic mass is 127. The molecule has 0 unspecified atom stereocenters. The summed E-state index contributed by atoms with van der Waals surface area (Å²) in [6.07, 6.45) is 5.25. The van der Waals surface area contributed by atoms with Crippen LogP contribution in [-0.4, -0.2) is 63.1 Å². The van der Waals surface area contributed by atoms with E-state index >= 15 is 0 Å². The van der Waals surface area contributed by atoms with Gasteiger partial charge < -0.3 is 15.1 Å². The third-order valence-electron chi connectivity index (χ3n) is 2.62. The number of guanidine groups is 1. The molecule has 0 radical (unpaired) electrons. The fourth-order valence-electron chi connectivity index (χ4n) is 1.62. The van der Waals surface area contributed by atoms with E-state index < -0.39 is 0 Å². The van der Waals surface area contributed by atoms with Gasteiger partial charge in [-0.1, -0.05) is 6.08 Å². The molecule has 19 heavy (non-hydrogen) atoms. The number of allylic oxidation sites excluding steroid dienone is 1. The Morgan fingerprint density at radius 2 is 1.89 bits per heavy atom. The van der Waals surface area contributed by atoms with E-state index in [0.717, 1.165) is 51.4 Å². The highest BCUT2D eigenvalue weighted by Gasteiger charge is 2.04. The summed E-state index contributed by atoms with van der Waals surface area (Å²) in [6.45, 7) is 9.75. The molecule has 0 saturated carbocycles. The van der Waals surface area contributed by atoms with Gasteiger partial charge in [0, 0.05) is 26.7 Å². The van der Waals surface area contributed by atoms with Crippen molar-refractivity contribution in [3.63, 3.8) is 0 Å². The van der Waals surface area contributed by atoms with Crippen LogP contribution in [0, 0.1) is 0 Å². The van der Waals surface area contributed by atoms with Crippen LogP contribution in [0.25, 0.3) is 0 Å². The van der Waals surface area contributed by atoms with E-state index in [0.29, 0.717) is 0 Å². The molecule has 1 N–H and O–H groups in total. The fraction of sp³-hybridized carbons (Fsp3) is 0.786. The molecule has 0 aliphatic heterocycles. The molecule has 0 aliphatic rings. The van der Waals surface area contributed by atoms with Crippen LogP contribution in [0.5, 0.6) is 0 Å². The van der Waals surface area contributed by atoms with Gasteiger partial charge in [0.2, 0.25) is 0 Å². The average Bonchev–Trinajstić information content (AvgIpc) is 2.33. The molecule has 4 nitrogen and oxygen atoms in total. The Morgan fingerprint density at radius 3 is 2.42 bits per heavy atom. The smallest absolute Gasteiger partial charge is 0.193 e. The van der Waals surface area contributed by atoms with Gasteiger partial charge in [0.25, 0.3) is 0 Å². The normalized spacial score (nSPS) is 11.1. The summed E-state index contributed by atoms with van der Waals surface area (Å²) in [7, 11) is 6.28. The zero-order valence-corrected chi connectivity index (χ0v) is 15.3. The Kier molecular flexibility index (Phi) is 15.6. The summed E-state index contributed by atoms with van der Waals surface area (Å²) < 4.78 is 0. The van der Waals surface area contributed by atoms with E-state index in [1.165, 1.54) is 0 Å². The summed E-state index contributed by atoms with van der Waals surface area (Å²) in [5.74, 6) is 1.01. The Hall–Kier alpha value is -0.300. The second kappa shape index (κ2) is 14.1. The van der Waals surface area contributed by atoms with Crippen LogP contribution in [-0.2, 0) is 0 Å². The monoisotopic (exact) mass is 382 g/mol. The molecular weight excluding hydrogens is 351 g/mol. The van der Waals surface area contributed by atoms with E-state index in [-0.39, 0.29) is 24.0 Å². The number of hydrogen-bond acceptors (Lipinski definition) is 2. The molecule has 0 atom stereocenters. The topological polar surface area (TPSA) is 30.9 Å². The SMILES string of the molecule is C=CCCCN(C)C(=NCCCN(C)C)NCC.I. The molecule has 0 aromatic rings. The van der Waals surface area contributed by atoms with Gasteiger partial charge in [0.1, 0.15) is 0 Å². The fourth-order valence-corrected chi connectivity index (χ4v) is 1.62. The quantitative estimate of drug-likeness (QED) is 0.219. The van der Waals surface area contributed by atoms with E-state index in [1.807, 2.05) is 6.08 Å². The summed E-state index contributed by atoms with van der Waals surface area (Å²) in [5.41, 5.74) is 0. The lowest BCUT2D eigenvalue weighted by Crippen LogP contribution is -2.39. The number of hydrogen-bond donors (Lipinski definition) is 1. The van der Waals surface area contributed by atoms with Crippen LogP contribution >= 0.6 is 24.0 Å². The Labute approximate surface area is 136 Å². The number of halogens is 1. The number of nitrogens with zero attached hydrogens (tertiary/aromatic N) is 3. The van der Waals surface area contributed by atoms with E-state index in [4.69, 9.17) is 0 Å². The maximum Gasteiger partial charge on any atom is 0.193 e. The zero-order chi connectivity index (χ0) is 13.8. The molecule has 114 valence electrons. The summed E-state index contributed by atoms with van der Waals surface area (Å²) in [5, 5.41) is 3.33. The molecule has 0 aliphatic carbocycles. The lowest BCUT2D eigenvalue weighted by molar-refractivity contribution is 0.402. The summed E-state index contributed by atoms with van der Waals surface area (Å²) in [4.78, 5) is 9.03. The highest BCUT2D eigenvalue weighted by Crippen LogP contribution is 1.95. The van der Waals surface area contributed by atoms with E-state index in [9.17, 15) is 0 Å². The lowest BCUT2D eigenvalue weighted by Gasteiger charge is -2.21. The minimum Gasteiger partial charge on any atom is -0.357 e. The van der Waals surface area contributed by atoms with Crippen molar-refractivity contribution >= 4 is 29.9 Å². The molecule has 0 rings (SSSR count). The van der Waals surface area contributed by atoms with Crippen LogP contribution in [0.4, 0.5) is 0 Å². The van der Waals surface area contributed by atoms with Crippen molar-refractivity contribution < 1.29 is 0 Å². The predicted octanol–water partition coefficient (Wildman–Crippen LogP) is 2.42. The lowest BCUT2D eigenvalue weighted by atomic mass is 10.3. The standard InChI is InChI=1S/C14H30N4.HI/c1-6-8-9-13-18(5)14(15-7-2)16-11-10-12-17(3)4;/h6H,1,7-13H2,2-5H3,(H,15,16);1H. The largest absolute Gasteiger partial charge is 0.357 e. The molecule has 0 bridgehead atoms. The third kappa shape index (κ3) is 12.5. The van der Waals surface area contributed by atoms with Gasteiger partial charge in [0.05, 0.1) is 0 Å².